The number of aromatic nitrogens is 3. The van der Waals surface area contributed by atoms with Crippen molar-refractivity contribution in [2.24, 2.45) is 0 Å². The van der Waals surface area contributed by atoms with Crippen LogP contribution in [0.15, 0.2) is 72.8 Å². The zero-order valence-corrected chi connectivity index (χ0v) is 22.8. The van der Waals surface area contributed by atoms with Gasteiger partial charge >= 0.3 is 0 Å². The van der Waals surface area contributed by atoms with Gasteiger partial charge in [-0.15, -0.1) is 5.10 Å². The van der Waals surface area contributed by atoms with Crippen LogP contribution in [-0.4, -0.2) is 44.7 Å². The van der Waals surface area contributed by atoms with E-state index >= 15 is 0 Å². The monoisotopic (exact) mass is 527 g/mol. The van der Waals surface area contributed by atoms with Crippen LogP contribution in [0.3, 0.4) is 0 Å². The van der Waals surface area contributed by atoms with Gasteiger partial charge in [-0.05, 0) is 76.6 Å². The minimum absolute atomic E-state index is 0.150. The van der Waals surface area contributed by atoms with E-state index in [1.807, 2.05) is 52.0 Å². The van der Waals surface area contributed by atoms with Crippen LogP contribution in [0.1, 0.15) is 56.6 Å². The van der Waals surface area contributed by atoms with E-state index in [9.17, 15) is 14.4 Å². The number of rotatable bonds is 9. The summed E-state index contributed by atoms with van der Waals surface area (Å²) >= 11 is 0. The third-order valence-corrected chi connectivity index (χ3v) is 6.02. The predicted molar refractivity (Wildman–Crippen MR) is 150 cm³/mol. The summed E-state index contributed by atoms with van der Waals surface area (Å²) in [6.07, 6.45) is 0. The lowest BCUT2D eigenvalue weighted by molar-refractivity contribution is -0.128. The minimum atomic E-state index is -1.04. The summed E-state index contributed by atoms with van der Waals surface area (Å²) in [5, 5.41) is 11.4. The van der Waals surface area contributed by atoms with Crippen LogP contribution in [0.25, 0.3) is 11.0 Å². The Labute approximate surface area is 227 Å². The van der Waals surface area contributed by atoms with Crippen molar-refractivity contribution in [3.63, 3.8) is 0 Å². The fourth-order valence-corrected chi connectivity index (χ4v) is 4.32. The zero-order valence-electron chi connectivity index (χ0n) is 22.8. The van der Waals surface area contributed by atoms with Gasteiger partial charge in [0, 0.05) is 16.8 Å². The molecule has 1 aromatic heterocycles. The van der Waals surface area contributed by atoms with Crippen molar-refractivity contribution >= 4 is 34.3 Å². The van der Waals surface area contributed by atoms with Crippen LogP contribution >= 0.6 is 0 Å². The third-order valence-electron chi connectivity index (χ3n) is 6.02. The first kappa shape index (κ1) is 27.5. The maximum atomic E-state index is 14.1. The number of ether oxygens (including phenoxy) is 1. The molecule has 0 saturated heterocycles. The van der Waals surface area contributed by atoms with Crippen molar-refractivity contribution in [1.29, 1.82) is 0 Å². The van der Waals surface area contributed by atoms with Crippen LogP contribution in [-0.2, 0) is 16.1 Å². The Hall–Kier alpha value is -4.53. The molecule has 0 aliphatic carbocycles. The first-order chi connectivity index (χ1) is 18.6. The molecular formula is C30H33N5O4. The molecule has 9 nitrogen and oxygen atoms in total. The number of carbonyl (C=O) groups excluding carboxylic acids is 3. The van der Waals surface area contributed by atoms with Gasteiger partial charge in [0.15, 0.2) is 5.78 Å². The van der Waals surface area contributed by atoms with E-state index in [0.717, 1.165) is 0 Å². The molecule has 39 heavy (non-hydrogen) atoms. The maximum Gasteiger partial charge on any atom is 0.249 e. The van der Waals surface area contributed by atoms with Gasteiger partial charge in [-0.1, -0.05) is 41.6 Å². The average Bonchev–Trinajstić information content (AvgIpc) is 3.29. The van der Waals surface area contributed by atoms with Gasteiger partial charge in [0.05, 0.1) is 12.1 Å². The molecular weight excluding hydrogens is 494 g/mol. The van der Waals surface area contributed by atoms with Gasteiger partial charge in [0.2, 0.25) is 11.8 Å². The highest BCUT2D eigenvalue weighted by Crippen LogP contribution is 2.31. The normalized spacial score (nSPS) is 12.1. The largest absolute Gasteiger partial charge is 0.494 e. The average molecular weight is 528 g/mol. The SMILES string of the molecule is CCOc1ccc([C@H](C(=O)NC(C)(C)C)N(C(=O)Cn2nnc3ccccc32)c2cccc(C(C)=O)c2)cc1. The van der Waals surface area contributed by atoms with Gasteiger partial charge in [-0.2, -0.15) is 0 Å². The smallest absolute Gasteiger partial charge is 0.249 e. The number of nitrogens with one attached hydrogen (secondary N) is 1. The number of nitrogens with zero attached hydrogens (tertiary/aromatic N) is 4. The Morgan fingerprint density at radius 2 is 1.72 bits per heavy atom. The molecule has 1 atom stereocenters. The van der Waals surface area contributed by atoms with E-state index in [2.05, 4.69) is 15.6 Å². The van der Waals surface area contributed by atoms with Gasteiger partial charge < -0.3 is 10.1 Å². The van der Waals surface area contributed by atoms with Gasteiger partial charge in [-0.25, -0.2) is 4.68 Å². The Morgan fingerprint density at radius 1 is 1.00 bits per heavy atom. The van der Waals surface area contributed by atoms with Crippen LogP contribution in [0, 0.1) is 0 Å². The minimum Gasteiger partial charge on any atom is -0.494 e. The van der Waals surface area contributed by atoms with E-state index in [1.54, 1.807) is 48.5 Å². The second-order valence-corrected chi connectivity index (χ2v) is 10.2. The van der Waals surface area contributed by atoms with E-state index in [4.69, 9.17) is 4.74 Å². The van der Waals surface area contributed by atoms with Crippen molar-refractivity contribution in [2.45, 2.75) is 52.7 Å². The Morgan fingerprint density at radius 3 is 2.38 bits per heavy atom. The molecule has 0 unspecified atom stereocenters. The molecule has 9 heteroatoms. The molecule has 0 radical (unpaired) electrons. The highest BCUT2D eigenvalue weighted by molar-refractivity contribution is 6.03. The third kappa shape index (κ3) is 6.49. The van der Waals surface area contributed by atoms with Crippen molar-refractivity contribution < 1.29 is 19.1 Å². The molecule has 4 aromatic rings. The van der Waals surface area contributed by atoms with E-state index in [1.165, 1.54) is 16.5 Å². The quantitative estimate of drug-likeness (QED) is 0.316. The molecule has 0 aliphatic rings. The molecule has 202 valence electrons. The Kier molecular flexibility index (Phi) is 8.09. The second-order valence-electron chi connectivity index (χ2n) is 10.2. The summed E-state index contributed by atoms with van der Waals surface area (Å²) in [5.41, 5.74) is 2.23. The fourth-order valence-electron chi connectivity index (χ4n) is 4.32. The number of hydrogen-bond acceptors (Lipinski definition) is 6. The zero-order chi connectivity index (χ0) is 28.2. The van der Waals surface area contributed by atoms with E-state index in [-0.39, 0.29) is 18.2 Å². The molecule has 2 amide bonds. The Balaban J connectivity index is 1.85. The molecule has 0 fully saturated rings. The summed E-state index contributed by atoms with van der Waals surface area (Å²) in [6, 6.07) is 20.1. The summed E-state index contributed by atoms with van der Waals surface area (Å²) in [5.74, 6) is -0.254. The lowest BCUT2D eigenvalue weighted by Gasteiger charge is -2.34. The predicted octanol–water partition coefficient (Wildman–Crippen LogP) is 4.72. The number of amides is 2. The van der Waals surface area contributed by atoms with Gasteiger partial charge in [-0.3, -0.25) is 19.3 Å². The number of hydrogen-bond donors (Lipinski definition) is 1. The van der Waals surface area contributed by atoms with Crippen molar-refractivity contribution in [3.05, 3.63) is 83.9 Å². The molecule has 0 bridgehead atoms. The van der Waals surface area contributed by atoms with Crippen LogP contribution in [0.4, 0.5) is 5.69 Å². The lowest BCUT2D eigenvalue weighted by Crippen LogP contribution is -2.50. The molecule has 1 heterocycles. The summed E-state index contributed by atoms with van der Waals surface area (Å²) in [7, 11) is 0. The van der Waals surface area contributed by atoms with Crippen molar-refractivity contribution in [2.75, 3.05) is 11.5 Å². The molecule has 1 N–H and O–H groups in total. The van der Waals surface area contributed by atoms with Gasteiger partial charge in [0.1, 0.15) is 23.9 Å². The standard InChI is InChI=1S/C30H33N5O4/c1-6-39-24-16-14-21(15-17-24)28(29(38)31-30(3,4)5)35(23-11-9-10-22(18-23)20(2)36)27(37)19-34-26-13-8-7-12-25(26)32-33-34/h7-18,28H,6,19H2,1-5H3,(H,31,38)/t28-/m1/s1. The highest BCUT2D eigenvalue weighted by atomic mass is 16.5. The fraction of sp³-hybridized carbons (Fsp3) is 0.300. The Bertz CT molecular complexity index is 1490. The number of ketones is 1. The first-order valence-corrected chi connectivity index (χ1v) is 12.8. The second kappa shape index (κ2) is 11.5. The lowest BCUT2D eigenvalue weighted by atomic mass is 10.00. The number of para-hydroxylation sites is 1. The first-order valence-electron chi connectivity index (χ1n) is 12.8. The highest BCUT2D eigenvalue weighted by Gasteiger charge is 2.35. The summed E-state index contributed by atoms with van der Waals surface area (Å²) < 4.78 is 7.10. The van der Waals surface area contributed by atoms with Crippen LogP contribution in [0.5, 0.6) is 5.75 Å². The molecule has 4 rings (SSSR count). The molecule has 0 aliphatic heterocycles. The number of benzene rings is 3. The van der Waals surface area contributed by atoms with Gasteiger partial charge in [0.25, 0.3) is 0 Å². The number of Topliss-reactive ketones (excluding diaryl/α,β-unsaturated/α-hetero) is 1. The number of fused-ring (bicyclic) bond motifs is 1. The topological polar surface area (TPSA) is 106 Å². The number of anilines is 1. The number of carbonyl (C=O) groups is 3. The molecule has 0 saturated carbocycles. The van der Waals surface area contributed by atoms with E-state index in [0.29, 0.717) is 40.2 Å². The molecule has 0 spiro atoms. The maximum absolute atomic E-state index is 14.1. The van der Waals surface area contributed by atoms with Crippen molar-refractivity contribution in [3.8, 4) is 5.75 Å². The summed E-state index contributed by atoms with van der Waals surface area (Å²) in [4.78, 5) is 41.7. The molecule has 3 aromatic carbocycles. The van der Waals surface area contributed by atoms with E-state index < -0.39 is 17.5 Å². The van der Waals surface area contributed by atoms with Crippen LogP contribution in [0.2, 0.25) is 0 Å². The van der Waals surface area contributed by atoms with Crippen LogP contribution < -0.4 is 15.0 Å². The van der Waals surface area contributed by atoms with Crippen molar-refractivity contribution in [1.82, 2.24) is 20.3 Å². The summed E-state index contributed by atoms with van der Waals surface area (Å²) in [6.45, 7) is 9.33.